The van der Waals surface area contributed by atoms with Gasteiger partial charge < -0.3 is 16.9 Å². The van der Waals surface area contributed by atoms with Gasteiger partial charge >= 0.3 is 0 Å². The van der Waals surface area contributed by atoms with Crippen molar-refractivity contribution in [3.05, 3.63) is 22.2 Å². The van der Waals surface area contributed by atoms with Crippen molar-refractivity contribution in [1.29, 1.82) is 5.41 Å². The summed E-state index contributed by atoms with van der Waals surface area (Å²) in [5.41, 5.74) is 12.9. The summed E-state index contributed by atoms with van der Waals surface area (Å²) < 4.78 is 0.764. The van der Waals surface area contributed by atoms with E-state index >= 15 is 0 Å². The van der Waals surface area contributed by atoms with Gasteiger partial charge in [0.1, 0.15) is 0 Å². The van der Waals surface area contributed by atoms with Gasteiger partial charge in [0.15, 0.2) is 0 Å². The molecule has 0 unspecified atom stereocenters. The minimum atomic E-state index is 0.557. The molecule has 0 amide bonds. The third kappa shape index (κ3) is 1.51. The number of nitrogens with two attached hydrogens (primary N) is 2. The molecule has 4 heteroatoms. The van der Waals surface area contributed by atoms with Crippen LogP contribution < -0.4 is 11.5 Å². The van der Waals surface area contributed by atoms with E-state index in [9.17, 15) is 0 Å². The number of nitrogen functional groups attached to an aromatic ring is 2. The first-order valence-electron chi connectivity index (χ1n) is 3.00. The summed E-state index contributed by atoms with van der Waals surface area (Å²) in [5, 5.41) is 6.98. The number of hydrogen-bond donors (Lipinski definition) is 3. The zero-order valence-corrected chi connectivity index (χ0v) is 7.35. The summed E-state index contributed by atoms with van der Waals surface area (Å²) in [6, 6.07) is 3.35. The summed E-state index contributed by atoms with van der Waals surface area (Å²) in [4.78, 5) is 0. The standard InChI is InChI=1S/C7H8BrN3/c8-5-2-6(10)4(3-9)1-7(5)11/h1-3,9H,10-11H2. The molecule has 11 heavy (non-hydrogen) atoms. The highest BCUT2D eigenvalue weighted by Gasteiger charge is 2.00. The molecule has 0 aliphatic rings. The number of hydrogen-bond acceptors (Lipinski definition) is 3. The normalized spacial score (nSPS) is 9.55. The molecule has 3 nitrogen and oxygen atoms in total. The predicted molar refractivity (Wildman–Crippen MR) is 50.9 cm³/mol. The van der Waals surface area contributed by atoms with Gasteiger partial charge in [0.2, 0.25) is 0 Å². The second-order valence-electron chi connectivity index (χ2n) is 2.15. The van der Waals surface area contributed by atoms with Crippen LogP contribution in [0, 0.1) is 5.41 Å². The van der Waals surface area contributed by atoms with Gasteiger partial charge in [-0.05, 0) is 28.1 Å². The Morgan fingerprint density at radius 3 is 2.45 bits per heavy atom. The number of rotatable bonds is 1. The van der Waals surface area contributed by atoms with E-state index in [-0.39, 0.29) is 0 Å². The molecule has 0 aliphatic heterocycles. The van der Waals surface area contributed by atoms with Gasteiger partial charge in [-0.3, -0.25) is 0 Å². The third-order valence-corrected chi connectivity index (χ3v) is 2.04. The maximum atomic E-state index is 6.98. The molecule has 1 aromatic rings. The largest absolute Gasteiger partial charge is 0.398 e. The SMILES string of the molecule is N=Cc1cc(N)c(Br)cc1N. The molecule has 5 N–H and O–H groups in total. The smallest absolute Gasteiger partial charge is 0.0466 e. The quantitative estimate of drug-likeness (QED) is 0.490. The molecule has 0 aliphatic carbocycles. The number of halogens is 1. The van der Waals surface area contributed by atoms with Crippen LogP contribution >= 0.6 is 15.9 Å². The third-order valence-electron chi connectivity index (χ3n) is 1.36. The first kappa shape index (κ1) is 8.07. The number of nitrogens with one attached hydrogen (secondary N) is 1. The summed E-state index contributed by atoms with van der Waals surface area (Å²) in [6.45, 7) is 0. The topological polar surface area (TPSA) is 75.9 Å². The van der Waals surface area contributed by atoms with Gasteiger partial charge in [-0.1, -0.05) is 0 Å². The second kappa shape index (κ2) is 2.92. The molecule has 0 radical (unpaired) electrons. The van der Waals surface area contributed by atoms with E-state index in [1.807, 2.05) is 0 Å². The van der Waals surface area contributed by atoms with E-state index < -0.39 is 0 Å². The Bertz CT molecular complexity index is 296. The molecule has 0 aromatic heterocycles. The Balaban J connectivity index is 3.31. The Morgan fingerprint density at radius 2 is 1.91 bits per heavy atom. The molecular formula is C7H8BrN3. The van der Waals surface area contributed by atoms with E-state index in [1.165, 1.54) is 6.21 Å². The van der Waals surface area contributed by atoms with Crippen molar-refractivity contribution >= 4 is 33.5 Å². The molecule has 0 saturated heterocycles. The van der Waals surface area contributed by atoms with Gasteiger partial charge in [-0.15, -0.1) is 0 Å². The first-order chi connectivity index (χ1) is 5.15. The van der Waals surface area contributed by atoms with Crippen LogP contribution in [0.2, 0.25) is 0 Å². The van der Waals surface area contributed by atoms with Crippen LogP contribution in [0.5, 0.6) is 0 Å². The fourth-order valence-electron chi connectivity index (χ4n) is 0.748. The van der Waals surface area contributed by atoms with Crippen LogP contribution in [-0.4, -0.2) is 6.21 Å². The van der Waals surface area contributed by atoms with E-state index in [2.05, 4.69) is 15.9 Å². The zero-order valence-electron chi connectivity index (χ0n) is 5.76. The van der Waals surface area contributed by atoms with Gasteiger partial charge in [-0.2, -0.15) is 0 Å². The zero-order chi connectivity index (χ0) is 8.43. The Hall–Kier alpha value is -1.03. The average Bonchev–Trinajstić information content (AvgIpc) is 1.97. The lowest BCUT2D eigenvalue weighted by Crippen LogP contribution is -1.96. The summed E-state index contributed by atoms with van der Waals surface area (Å²) in [7, 11) is 0. The lowest BCUT2D eigenvalue weighted by atomic mass is 10.2. The minimum Gasteiger partial charge on any atom is -0.398 e. The second-order valence-corrected chi connectivity index (χ2v) is 3.00. The molecule has 1 rings (SSSR count). The molecule has 0 spiro atoms. The van der Waals surface area contributed by atoms with Crippen LogP contribution in [-0.2, 0) is 0 Å². The van der Waals surface area contributed by atoms with Crippen LogP contribution in [0.4, 0.5) is 11.4 Å². The van der Waals surface area contributed by atoms with Crippen LogP contribution in [0.1, 0.15) is 5.56 Å². The monoisotopic (exact) mass is 213 g/mol. The Labute approximate surface area is 73.0 Å². The maximum absolute atomic E-state index is 6.98. The molecular weight excluding hydrogens is 206 g/mol. The molecule has 0 heterocycles. The molecule has 0 fully saturated rings. The summed E-state index contributed by atoms with van der Waals surface area (Å²) in [6.07, 6.45) is 1.18. The van der Waals surface area contributed by atoms with E-state index in [0.29, 0.717) is 16.9 Å². The van der Waals surface area contributed by atoms with E-state index in [0.717, 1.165) is 4.47 Å². The Morgan fingerprint density at radius 1 is 1.27 bits per heavy atom. The van der Waals surface area contributed by atoms with E-state index in [1.54, 1.807) is 12.1 Å². The van der Waals surface area contributed by atoms with E-state index in [4.69, 9.17) is 16.9 Å². The van der Waals surface area contributed by atoms with Crippen molar-refractivity contribution in [2.75, 3.05) is 11.5 Å². The lowest BCUT2D eigenvalue weighted by Gasteiger charge is -2.02. The van der Waals surface area contributed by atoms with Gasteiger partial charge in [0.05, 0.1) is 0 Å². The number of benzene rings is 1. The van der Waals surface area contributed by atoms with Crippen molar-refractivity contribution in [3.63, 3.8) is 0 Å². The van der Waals surface area contributed by atoms with Crippen molar-refractivity contribution < 1.29 is 0 Å². The molecule has 0 saturated carbocycles. The van der Waals surface area contributed by atoms with Crippen LogP contribution in [0.15, 0.2) is 16.6 Å². The highest BCUT2D eigenvalue weighted by molar-refractivity contribution is 9.10. The summed E-state index contributed by atoms with van der Waals surface area (Å²) >= 11 is 3.23. The van der Waals surface area contributed by atoms with Crippen molar-refractivity contribution in [2.24, 2.45) is 0 Å². The number of anilines is 2. The fraction of sp³-hybridized carbons (Fsp3) is 0. The van der Waals surface area contributed by atoms with Gasteiger partial charge in [0, 0.05) is 27.6 Å². The lowest BCUT2D eigenvalue weighted by molar-refractivity contribution is 1.52. The molecule has 58 valence electrons. The highest BCUT2D eigenvalue weighted by Crippen LogP contribution is 2.24. The van der Waals surface area contributed by atoms with Gasteiger partial charge in [-0.25, -0.2) is 0 Å². The van der Waals surface area contributed by atoms with Crippen molar-refractivity contribution in [1.82, 2.24) is 0 Å². The van der Waals surface area contributed by atoms with Gasteiger partial charge in [0.25, 0.3) is 0 Å². The molecule has 0 bridgehead atoms. The summed E-state index contributed by atoms with van der Waals surface area (Å²) in [5.74, 6) is 0. The molecule has 1 aromatic carbocycles. The average molecular weight is 214 g/mol. The maximum Gasteiger partial charge on any atom is 0.0466 e. The molecule has 0 atom stereocenters. The van der Waals surface area contributed by atoms with Crippen LogP contribution in [0.25, 0.3) is 0 Å². The van der Waals surface area contributed by atoms with Crippen molar-refractivity contribution in [3.8, 4) is 0 Å². The fourth-order valence-corrected chi connectivity index (χ4v) is 1.11. The van der Waals surface area contributed by atoms with Crippen molar-refractivity contribution in [2.45, 2.75) is 0 Å². The van der Waals surface area contributed by atoms with Crippen LogP contribution in [0.3, 0.4) is 0 Å². The first-order valence-corrected chi connectivity index (χ1v) is 3.79. The minimum absolute atomic E-state index is 0.557. The predicted octanol–water partition coefficient (Wildman–Crippen LogP) is 1.61. The Kier molecular flexibility index (Phi) is 2.14. The highest BCUT2D eigenvalue weighted by atomic mass is 79.9.